The van der Waals surface area contributed by atoms with Crippen molar-refractivity contribution >= 4 is 10.4 Å². The zero-order valence-corrected chi connectivity index (χ0v) is 25.8. The highest BCUT2D eigenvalue weighted by atomic mass is 32.3. The first-order valence-corrected chi connectivity index (χ1v) is 18.0. The summed E-state index contributed by atoms with van der Waals surface area (Å²) in [6, 6.07) is 0. The summed E-state index contributed by atoms with van der Waals surface area (Å²) in [7, 11) is -4.26. The average molecular weight is 547 g/mol. The molecule has 0 aliphatic rings. The Morgan fingerprint density at radius 1 is 0.378 bits per heavy atom. The van der Waals surface area contributed by atoms with Gasteiger partial charge in [-0.15, -0.1) is 0 Å². The lowest BCUT2D eigenvalue weighted by molar-refractivity contribution is 0.261. The van der Waals surface area contributed by atoms with Crippen molar-refractivity contribution < 1.29 is 17.2 Å². The summed E-state index contributed by atoms with van der Waals surface area (Å²) in [5.41, 5.74) is 0. The molecule has 4 nitrogen and oxygen atoms in total. The molecular weight excluding hydrogens is 480 g/mol. The smallest absolute Gasteiger partial charge is 0.264 e. The molecule has 37 heavy (non-hydrogen) atoms. The van der Waals surface area contributed by atoms with Gasteiger partial charge < -0.3 is 0 Å². The van der Waals surface area contributed by atoms with Gasteiger partial charge in [-0.1, -0.05) is 193 Å². The predicted octanol–water partition coefficient (Wildman–Crippen LogP) is 11.5. The summed E-state index contributed by atoms with van der Waals surface area (Å²) in [6.45, 7) is 2.39. The minimum atomic E-state index is -4.26. The van der Waals surface area contributed by atoms with E-state index in [4.69, 9.17) is 4.55 Å². The molecule has 224 valence electrons. The Kier molecular flexibility index (Phi) is 30.3. The molecule has 0 atom stereocenters. The third-order valence-electron chi connectivity index (χ3n) is 7.73. The van der Waals surface area contributed by atoms with Crippen molar-refractivity contribution in [2.75, 3.05) is 6.61 Å². The molecule has 0 saturated carbocycles. The third-order valence-corrected chi connectivity index (χ3v) is 8.19. The van der Waals surface area contributed by atoms with Crippen molar-refractivity contribution in [1.29, 1.82) is 0 Å². The maximum absolute atomic E-state index is 10.4. The van der Waals surface area contributed by atoms with Crippen molar-refractivity contribution in [2.45, 2.75) is 200 Å². The summed E-state index contributed by atoms with van der Waals surface area (Å²) in [5.74, 6) is 0. The summed E-state index contributed by atoms with van der Waals surface area (Å²) in [5, 5.41) is 0. The van der Waals surface area contributed by atoms with Crippen LogP contribution in [0.2, 0.25) is 0 Å². The molecular formula is C32H66O4S. The van der Waals surface area contributed by atoms with E-state index in [-0.39, 0.29) is 6.61 Å². The topological polar surface area (TPSA) is 63.6 Å². The minimum Gasteiger partial charge on any atom is -0.264 e. The Morgan fingerprint density at radius 2 is 0.568 bits per heavy atom. The third kappa shape index (κ3) is 35.9. The molecule has 0 fully saturated rings. The van der Waals surface area contributed by atoms with Crippen LogP contribution in [-0.2, 0) is 14.6 Å². The second-order valence-corrected chi connectivity index (χ2v) is 12.6. The molecule has 0 aromatic rings. The fourth-order valence-electron chi connectivity index (χ4n) is 5.29. The van der Waals surface area contributed by atoms with Gasteiger partial charge in [-0.05, 0) is 6.42 Å². The Balaban J connectivity index is 3.04. The molecule has 0 aliphatic carbocycles. The fraction of sp³-hybridized carbons (Fsp3) is 1.00. The Bertz CT molecular complexity index is 521. The molecule has 0 unspecified atom stereocenters. The van der Waals surface area contributed by atoms with Crippen LogP contribution >= 0.6 is 0 Å². The van der Waals surface area contributed by atoms with Crippen LogP contribution in [0, 0.1) is 0 Å². The van der Waals surface area contributed by atoms with Gasteiger partial charge in [0.25, 0.3) is 0 Å². The normalized spacial score (nSPS) is 11.9. The van der Waals surface area contributed by atoms with E-state index >= 15 is 0 Å². The van der Waals surface area contributed by atoms with Gasteiger partial charge in [0, 0.05) is 0 Å². The van der Waals surface area contributed by atoms with Crippen LogP contribution in [0.5, 0.6) is 0 Å². The lowest BCUT2D eigenvalue weighted by atomic mass is 10.0. The van der Waals surface area contributed by atoms with E-state index in [0.29, 0.717) is 6.42 Å². The van der Waals surface area contributed by atoms with Gasteiger partial charge >= 0.3 is 10.4 Å². The minimum absolute atomic E-state index is 0.0956. The highest BCUT2D eigenvalue weighted by Crippen LogP contribution is 2.16. The lowest BCUT2D eigenvalue weighted by Gasteiger charge is -2.04. The molecule has 0 aromatic carbocycles. The molecule has 0 saturated heterocycles. The first-order chi connectivity index (χ1) is 18.1. The predicted molar refractivity (Wildman–Crippen MR) is 162 cm³/mol. The van der Waals surface area contributed by atoms with Crippen LogP contribution in [0.25, 0.3) is 0 Å². The van der Waals surface area contributed by atoms with Crippen LogP contribution in [0.1, 0.15) is 200 Å². The van der Waals surface area contributed by atoms with E-state index in [0.717, 1.165) is 12.8 Å². The van der Waals surface area contributed by atoms with Crippen molar-refractivity contribution in [3.63, 3.8) is 0 Å². The van der Waals surface area contributed by atoms with Gasteiger partial charge in [0.2, 0.25) is 0 Å². The standard InChI is InChI=1S/C32H66O4S/c1-2-3-4-5-6-7-8-9-10-11-12-13-14-15-16-17-18-19-20-21-22-23-24-25-26-27-28-29-30-31-32-36-37(33,34)35/h2-32H2,1H3,(H,33,34,35). The van der Waals surface area contributed by atoms with Crippen LogP contribution in [0.3, 0.4) is 0 Å². The van der Waals surface area contributed by atoms with E-state index in [1.807, 2.05) is 0 Å². The van der Waals surface area contributed by atoms with E-state index in [2.05, 4.69) is 11.1 Å². The van der Waals surface area contributed by atoms with Crippen molar-refractivity contribution in [2.24, 2.45) is 0 Å². The van der Waals surface area contributed by atoms with Crippen molar-refractivity contribution in [3.8, 4) is 0 Å². The quantitative estimate of drug-likeness (QED) is 0.0673. The molecule has 0 amide bonds. The van der Waals surface area contributed by atoms with Crippen molar-refractivity contribution in [3.05, 3.63) is 0 Å². The molecule has 0 spiro atoms. The van der Waals surface area contributed by atoms with Crippen LogP contribution in [0.4, 0.5) is 0 Å². The summed E-state index contributed by atoms with van der Waals surface area (Å²) in [6.07, 6.45) is 41.1. The highest BCUT2D eigenvalue weighted by molar-refractivity contribution is 7.80. The molecule has 0 rings (SSSR count). The average Bonchev–Trinajstić information content (AvgIpc) is 2.86. The zero-order valence-electron chi connectivity index (χ0n) is 25.0. The Morgan fingerprint density at radius 3 is 0.757 bits per heavy atom. The molecule has 5 heteroatoms. The molecule has 0 aromatic heterocycles. The molecule has 1 N–H and O–H groups in total. The lowest BCUT2D eigenvalue weighted by Crippen LogP contribution is -2.04. The van der Waals surface area contributed by atoms with Gasteiger partial charge in [0.1, 0.15) is 0 Å². The highest BCUT2D eigenvalue weighted by Gasteiger charge is 2.02. The largest absolute Gasteiger partial charge is 0.397 e. The van der Waals surface area contributed by atoms with Crippen LogP contribution in [0.15, 0.2) is 0 Å². The van der Waals surface area contributed by atoms with Crippen molar-refractivity contribution in [1.82, 2.24) is 0 Å². The fourth-order valence-corrected chi connectivity index (χ4v) is 5.62. The van der Waals surface area contributed by atoms with E-state index in [9.17, 15) is 8.42 Å². The SMILES string of the molecule is CCCCCCCCCCCCCCCCCCCCCCCCCCCCCCCCOS(=O)(=O)O. The second-order valence-electron chi connectivity index (χ2n) is 11.5. The zero-order chi connectivity index (χ0) is 27.1. The number of hydrogen-bond acceptors (Lipinski definition) is 3. The van der Waals surface area contributed by atoms with Gasteiger partial charge in [0.05, 0.1) is 6.61 Å². The van der Waals surface area contributed by atoms with Gasteiger partial charge in [0.15, 0.2) is 0 Å². The summed E-state index contributed by atoms with van der Waals surface area (Å²) in [4.78, 5) is 0. The molecule has 0 bridgehead atoms. The summed E-state index contributed by atoms with van der Waals surface area (Å²) < 4.78 is 33.6. The van der Waals surface area contributed by atoms with E-state index in [1.165, 1.54) is 173 Å². The molecule has 0 aliphatic heterocycles. The second kappa shape index (κ2) is 30.4. The number of unbranched alkanes of at least 4 members (excludes halogenated alkanes) is 29. The van der Waals surface area contributed by atoms with Gasteiger partial charge in [-0.25, -0.2) is 4.18 Å². The first-order valence-electron chi connectivity index (χ1n) is 16.7. The molecule has 0 radical (unpaired) electrons. The first kappa shape index (κ1) is 36.9. The van der Waals surface area contributed by atoms with Crippen LogP contribution in [-0.4, -0.2) is 19.6 Å². The van der Waals surface area contributed by atoms with E-state index < -0.39 is 10.4 Å². The molecule has 0 heterocycles. The Hall–Kier alpha value is -0.130. The van der Waals surface area contributed by atoms with E-state index in [1.54, 1.807) is 0 Å². The van der Waals surface area contributed by atoms with Gasteiger partial charge in [-0.2, -0.15) is 8.42 Å². The number of hydrogen-bond donors (Lipinski definition) is 1. The van der Waals surface area contributed by atoms with Gasteiger partial charge in [-0.3, -0.25) is 4.55 Å². The summed E-state index contributed by atoms with van der Waals surface area (Å²) >= 11 is 0. The number of rotatable bonds is 32. The van der Waals surface area contributed by atoms with Crippen LogP contribution < -0.4 is 0 Å². The monoisotopic (exact) mass is 546 g/mol. The maximum Gasteiger partial charge on any atom is 0.397 e. The Labute approximate surface area is 233 Å². The maximum atomic E-state index is 10.4.